The molecule has 0 spiro atoms. The molecule has 0 aromatic heterocycles. The van der Waals surface area contributed by atoms with Gasteiger partial charge in [-0.3, -0.25) is 4.89 Å². The molecular weight excluding hydrogens is 500 g/mol. The Balaban J connectivity index is 1.73. The highest BCUT2D eigenvalue weighted by Gasteiger charge is 2.64. The number of ether oxygens (including phenoxy) is 3. The summed E-state index contributed by atoms with van der Waals surface area (Å²) in [5, 5.41) is 12.7. The second-order valence-electron chi connectivity index (χ2n) is 11.9. The summed E-state index contributed by atoms with van der Waals surface area (Å²) in [6.07, 6.45) is 2.07. The van der Waals surface area contributed by atoms with Crippen LogP contribution in [0.2, 0.25) is 0 Å². The van der Waals surface area contributed by atoms with Gasteiger partial charge < -0.3 is 19.3 Å². The zero-order valence-corrected chi connectivity index (χ0v) is 23.3. The van der Waals surface area contributed by atoms with E-state index in [9.17, 15) is 14.7 Å². The van der Waals surface area contributed by atoms with Gasteiger partial charge in [0.15, 0.2) is 6.29 Å². The van der Waals surface area contributed by atoms with E-state index in [-0.39, 0.29) is 12.2 Å². The van der Waals surface area contributed by atoms with Crippen LogP contribution in [0, 0.1) is 10.8 Å². The fourth-order valence-electron chi connectivity index (χ4n) is 7.03. The van der Waals surface area contributed by atoms with Crippen molar-refractivity contribution in [2.24, 2.45) is 10.8 Å². The largest absolute Gasteiger partial charge is 0.424 e. The molecule has 39 heavy (non-hydrogen) atoms. The Morgan fingerprint density at radius 3 is 2.51 bits per heavy atom. The third kappa shape index (κ3) is 4.47. The van der Waals surface area contributed by atoms with Crippen molar-refractivity contribution in [1.82, 2.24) is 0 Å². The first-order valence-corrected chi connectivity index (χ1v) is 13.6. The zero-order chi connectivity index (χ0) is 28.2. The summed E-state index contributed by atoms with van der Waals surface area (Å²) < 4.78 is 19.2. The number of carbonyl (C=O) groups is 2. The Hall–Kier alpha value is -2.78. The van der Waals surface area contributed by atoms with Crippen LogP contribution < -0.4 is 0 Å². The van der Waals surface area contributed by atoms with Crippen molar-refractivity contribution in [3.8, 4) is 0 Å². The molecule has 4 aliphatic rings. The molecule has 2 bridgehead atoms. The number of allylic oxidation sites excluding steroid dienone is 1. The van der Waals surface area contributed by atoms with Crippen molar-refractivity contribution in [3.63, 3.8) is 0 Å². The maximum Gasteiger partial charge on any atom is 0.343 e. The highest BCUT2D eigenvalue weighted by molar-refractivity contribution is 5.90. The summed E-state index contributed by atoms with van der Waals surface area (Å²) in [6.45, 7) is 13.3. The topological polar surface area (TPSA) is 101 Å². The molecule has 8 heteroatoms. The average molecular weight is 539 g/mol. The minimum atomic E-state index is -1.52. The van der Waals surface area contributed by atoms with Crippen molar-refractivity contribution in [1.29, 1.82) is 0 Å². The van der Waals surface area contributed by atoms with Gasteiger partial charge in [-0.15, -0.1) is 0 Å². The van der Waals surface area contributed by atoms with Gasteiger partial charge >= 0.3 is 11.9 Å². The number of benzene rings is 1. The van der Waals surface area contributed by atoms with Crippen molar-refractivity contribution >= 4 is 11.9 Å². The Labute approximate surface area is 229 Å². The number of esters is 1. The van der Waals surface area contributed by atoms with Crippen LogP contribution in [0.1, 0.15) is 77.1 Å². The molecule has 1 saturated heterocycles. The van der Waals surface area contributed by atoms with E-state index in [1.165, 1.54) is 6.92 Å². The zero-order valence-electron chi connectivity index (χ0n) is 23.3. The summed E-state index contributed by atoms with van der Waals surface area (Å²) in [5.41, 5.74) is 0.144. The fourth-order valence-corrected chi connectivity index (χ4v) is 7.03. The second kappa shape index (κ2) is 10.0. The van der Waals surface area contributed by atoms with Crippen molar-refractivity contribution in [2.45, 2.75) is 96.9 Å². The number of aliphatic hydroxyl groups is 1. The Bertz CT molecular complexity index is 1230. The predicted octanol–water partition coefficient (Wildman–Crippen LogP) is 5.33. The third-order valence-electron chi connectivity index (χ3n) is 9.23. The molecular formula is C31H38O8. The van der Waals surface area contributed by atoms with Gasteiger partial charge in [-0.2, -0.15) is 4.89 Å². The van der Waals surface area contributed by atoms with Gasteiger partial charge in [0.1, 0.15) is 29.7 Å². The standard InChI is InChI=1S/C31H38O8/c1-7-23-35-25-24-18(2)13-16-31(34,29(24,4)5)26(37-28(33)20-11-9-8-10-12-20)22-17-21(39-38-19(3)32)14-15-30(22,6)27(25)36-23/h7-12,21,23,25,27,34H,1,13-17H2,2-6H3/t21?,23?,25-,27-,30-,31-/m1/s1. The van der Waals surface area contributed by atoms with Crippen LogP contribution in [0.4, 0.5) is 0 Å². The summed E-state index contributed by atoms with van der Waals surface area (Å²) in [4.78, 5) is 35.5. The molecule has 210 valence electrons. The van der Waals surface area contributed by atoms with E-state index in [1.54, 1.807) is 30.3 Å². The van der Waals surface area contributed by atoms with E-state index in [4.69, 9.17) is 24.0 Å². The number of hydrogen-bond donors (Lipinski definition) is 1. The summed E-state index contributed by atoms with van der Waals surface area (Å²) in [5.74, 6) is -0.872. The molecule has 6 atom stereocenters. The Kier molecular flexibility index (Phi) is 7.12. The molecule has 1 saturated carbocycles. The maximum absolute atomic E-state index is 13.5. The van der Waals surface area contributed by atoms with E-state index < -0.39 is 53.0 Å². The summed E-state index contributed by atoms with van der Waals surface area (Å²) in [7, 11) is 0. The molecule has 2 fully saturated rings. The van der Waals surface area contributed by atoms with E-state index in [2.05, 4.69) is 20.4 Å². The molecule has 1 N–H and O–H groups in total. The van der Waals surface area contributed by atoms with Crippen LogP contribution in [-0.4, -0.2) is 47.2 Å². The summed E-state index contributed by atoms with van der Waals surface area (Å²) in [6, 6.07) is 8.75. The van der Waals surface area contributed by atoms with Crippen LogP contribution in [-0.2, 0) is 28.8 Å². The van der Waals surface area contributed by atoms with Crippen LogP contribution in [0.15, 0.2) is 65.5 Å². The molecule has 1 heterocycles. The highest BCUT2D eigenvalue weighted by atomic mass is 17.2. The molecule has 1 aromatic rings. The third-order valence-corrected chi connectivity index (χ3v) is 9.23. The maximum atomic E-state index is 13.5. The van der Waals surface area contributed by atoms with Gasteiger partial charge in [0, 0.05) is 24.2 Å². The van der Waals surface area contributed by atoms with Gasteiger partial charge in [-0.25, -0.2) is 9.59 Å². The quantitative estimate of drug-likeness (QED) is 0.232. The molecule has 0 radical (unpaired) electrons. The van der Waals surface area contributed by atoms with Crippen LogP contribution in [0.5, 0.6) is 0 Å². The second-order valence-corrected chi connectivity index (χ2v) is 11.9. The molecule has 3 aliphatic carbocycles. The van der Waals surface area contributed by atoms with Crippen molar-refractivity contribution in [3.05, 3.63) is 71.0 Å². The first-order valence-electron chi connectivity index (χ1n) is 13.6. The highest BCUT2D eigenvalue weighted by Crippen LogP contribution is 2.62. The lowest BCUT2D eigenvalue weighted by Gasteiger charge is -2.56. The first kappa shape index (κ1) is 27.8. The summed E-state index contributed by atoms with van der Waals surface area (Å²) >= 11 is 0. The minimum Gasteiger partial charge on any atom is -0.424 e. The minimum absolute atomic E-state index is 0.231. The first-order chi connectivity index (χ1) is 18.4. The van der Waals surface area contributed by atoms with Crippen molar-refractivity contribution in [2.75, 3.05) is 0 Å². The van der Waals surface area contributed by atoms with E-state index in [0.29, 0.717) is 36.8 Å². The van der Waals surface area contributed by atoms with E-state index in [1.807, 2.05) is 19.9 Å². The smallest absolute Gasteiger partial charge is 0.343 e. The average Bonchev–Trinajstić information content (AvgIpc) is 3.33. The lowest BCUT2D eigenvalue weighted by molar-refractivity contribution is -0.300. The number of carbonyl (C=O) groups excluding carboxylic acids is 2. The number of fused-ring (bicyclic) bond motifs is 6. The van der Waals surface area contributed by atoms with Crippen molar-refractivity contribution < 1.29 is 38.7 Å². The molecule has 2 unspecified atom stereocenters. The van der Waals surface area contributed by atoms with Gasteiger partial charge in [0.05, 0.1) is 5.56 Å². The molecule has 8 nitrogen and oxygen atoms in total. The molecule has 5 rings (SSSR count). The van der Waals surface area contributed by atoms with Crippen LogP contribution in [0.25, 0.3) is 0 Å². The van der Waals surface area contributed by atoms with Crippen LogP contribution in [0.3, 0.4) is 0 Å². The van der Waals surface area contributed by atoms with Gasteiger partial charge in [0.25, 0.3) is 0 Å². The predicted molar refractivity (Wildman–Crippen MR) is 142 cm³/mol. The Morgan fingerprint density at radius 1 is 1.13 bits per heavy atom. The van der Waals surface area contributed by atoms with Gasteiger partial charge in [-0.1, -0.05) is 51.1 Å². The monoisotopic (exact) mass is 538 g/mol. The molecule has 1 aromatic carbocycles. The fraction of sp³-hybridized carbons (Fsp3) is 0.548. The van der Waals surface area contributed by atoms with Crippen LogP contribution >= 0.6 is 0 Å². The van der Waals surface area contributed by atoms with E-state index >= 15 is 0 Å². The lowest BCUT2D eigenvalue weighted by atomic mass is 9.53. The SMILES string of the molecule is C=CC1O[C@@H]2C3=C(C)CC[C@@](O)(C(OC(=O)c4ccccc4)=C4CC(OOC(C)=O)CC[C@@]4(C)[C@@H]2O1)C3(C)C. The number of rotatable bonds is 5. The van der Waals surface area contributed by atoms with Gasteiger partial charge in [-0.05, 0) is 62.0 Å². The van der Waals surface area contributed by atoms with E-state index in [0.717, 1.165) is 11.1 Å². The lowest BCUT2D eigenvalue weighted by Crippen LogP contribution is -2.59. The Morgan fingerprint density at radius 2 is 1.85 bits per heavy atom. The normalized spacial score (nSPS) is 35.3. The number of hydrogen-bond acceptors (Lipinski definition) is 8. The molecule has 0 amide bonds. The molecule has 1 aliphatic heterocycles. The van der Waals surface area contributed by atoms with Gasteiger partial charge in [0.2, 0.25) is 0 Å².